The maximum Gasteiger partial charge on any atom is 0.0705 e. The Bertz CT molecular complexity index is 761. The normalized spacial score (nSPS) is 19.2. The minimum atomic E-state index is 0.720. The number of para-hydroxylation sites is 1. The van der Waals surface area contributed by atoms with Crippen LogP contribution in [0, 0.1) is 5.92 Å². The summed E-state index contributed by atoms with van der Waals surface area (Å²) >= 11 is 0. The van der Waals surface area contributed by atoms with E-state index in [2.05, 4.69) is 56.5 Å². The van der Waals surface area contributed by atoms with Gasteiger partial charge in [-0.2, -0.15) is 5.10 Å². The van der Waals surface area contributed by atoms with E-state index in [4.69, 9.17) is 0 Å². The Balaban J connectivity index is 1.47. The number of aromatic nitrogens is 3. The van der Waals surface area contributed by atoms with Crippen molar-refractivity contribution in [2.45, 2.75) is 25.8 Å². The van der Waals surface area contributed by atoms with Gasteiger partial charge in [0.05, 0.1) is 5.52 Å². The minimum absolute atomic E-state index is 0.720. The summed E-state index contributed by atoms with van der Waals surface area (Å²) in [6, 6.07) is 12.7. The molecule has 1 aromatic carbocycles. The van der Waals surface area contributed by atoms with E-state index in [-0.39, 0.29) is 0 Å². The Morgan fingerprint density at radius 2 is 2.09 bits per heavy atom. The molecule has 2 aromatic heterocycles. The topological polar surface area (TPSA) is 44.8 Å². The van der Waals surface area contributed by atoms with Gasteiger partial charge >= 0.3 is 0 Å². The molecular weight excluding hydrogens is 284 g/mol. The lowest BCUT2D eigenvalue weighted by molar-refractivity contribution is 0.167. The summed E-state index contributed by atoms with van der Waals surface area (Å²) in [5, 5.41) is 8.44. The first-order chi connectivity index (χ1) is 11.4. The summed E-state index contributed by atoms with van der Waals surface area (Å²) in [5.41, 5.74) is 3.74. The van der Waals surface area contributed by atoms with Crippen molar-refractivity contribution in [1.82, 2.24) is 20.1 Å². The van der Waals surface area contributed by atoms with Gasteiger partial charge in [-0.05, 0) is 55.5 Å². The highest BCUT2D eigenvalue weighted by atomic mass is 15.1. The lowest BCUT2D eigenvalue weighted by atomic mass is 9.93. The number of hydrogen-bond acceptors (Lipinski definition) is 3. The van der Waals surface area contributed by atoms with Gasteiger partial charge in [0.25, 0.3) is 0 Å². The Kier molecular flexibility index (Phi) is 4.07. The largest absolute Gasteiger partial charge is 0.299 e. The van der Waals surface area contributed by atoms with Crippen LogP contribution in [0.3, 0.4) is 0 Å². The summed E-state index contributed by atoms with van der Waals surface area (Å²) in [6.07, 6.45) is 7.48. The van der Waals surface area contributed by atoms with Crippen LogP contribution in [-0.2, 0) is 13.0 Å². The summed E-state index contributed by atoms with van der Waals surface area (Å²) in [5.74, 6) is 0.720. The van der Waals surface area contributed by atoms with E-state index >= 15 is 0 Å². The molecule has 0 bridgehead atoms. The van der Waals surface area contributed by atoms with Gasteiger partial charge in [-0.3, -0.25) is 15.0 Å². The van der Waals surface area contributed by atoms with Crippen molar-refractivity contribution in [2.24, 2.45) is 5.92 Å². The predicted octanol–water partition coefficient (Wildman–Crippen LogP) is 3.41. The molecule has 1 fully saturated rings. The van der Waals surface area contributed by atoms with Crippen LogP contribution < -0.4 is 0 Å². The molecule has 0 saturated carbocycles. The summed E-state index contributed by atoms with van der Waals surface area (Å²) in [6.45, 7) is 3.37. The maximum absolute atomic E-state index is 4.47. The molecule has 118 valence electrons. The SMILES string of the molecule is c1ccc2c(CN3CCC[C@H](Cc4ccn[nH]4)C3)ccnc2c1. The average molecular weight is 306 g/mol. The number of fused-ring (bicyclic) bond motifs is 1. The number of H-pyrrole nitrogens is 1. The van der Waals surface area contributed by atoms with Crippen LogP contribution in [0.15, 0.2) is 48.8 Å². The van der Waals surface area contributed by atoms with Gasteiger partial charge in [-0.25, -0.2) is 0 Å². The van der Waals surface area contributed by atoms with Crippen LogP contribution in [0.1, 0.15) is 24.1 Å². The molecule has 1 saturated heterocycles. The zero-order valence-corrected chi connectivity index (χ0v) is 13.3. The first-order valence-corrected chi connectivity index (χ1v) is 8.42. The van der Waals surface area contributed by atoms with Gasteiger partial charge in [0.2, 0.25) is 0 Å². The highest BCUT2D eigenvalue weighted by Gasteiger charge is 2.21. The third-order valence-electron chi connectivity index (χ3n) is 4.80. The standard InChI is InChI=1S/C19H22N4/c1-2-6-19-18(5-1)16(7-9-20-19)14-23-11-3-4-15(13-23)12-17-8-10-21-22-17/h1-2,5-10,15H,3-4,11-14H2,(H,21,22)/t15-/m1/s1. The van der Waals surface area contributed by atoms with E-state index < -0.39 is 0 Å². The third-order valence-corrected chi connectivity index (χ3v) is 4.80. The number of likely N-dealkylation sites (tertiary alicyclic amines) is 1. The molecule has 4 nitrogen and oxygen atoms in total. The van der Waals surface area contributed by atoms with Crippen molar-refractivity contribution in [1.29, 1.82) is 0 Å². The van der Waals surface area contributed by atoms with Crippen LogP contribution in [-0.4, -0.2) is 33.2 Å². The highest BCUT2D eigenvalue weighted by molar-refractivity contribution is 5.81. The van der Waals surface area contributed by atoms with Gasteiger partial charge in [0, 0.05) is 36.6 Å². The fourth-order valence-electron chi connectivity index (χ4n) is 3.70. The molecule has 0 amide bonds. The van der Waals surface area contributed by atoms with E-state index in [0.29, 0.717) is 0 Å². The number of aromatic amines is 1. The summed E-state index contributed by atoms with van der Waals surface area (Å²) in [4.78, 5) is 7.06. The number of nitrogens with zero attached hydrogens (tertiary/aromatic N) is 3. The van der Waals surface area contributed by atoms with Crippen molar-refractivity contribution >= 4 is 10.9 Å². The fraction of sp³-hybridized carbons (Fsp3) is 0.368. The maximum atomic E-state index is 4.47. The van der Waals surface area contributed by atoms with Crippen molar-refractivity contribution < 1.29 is 0 Å². The van der Waals surface area contributed by atoms with Crippen molar-refractivity contribution in [3.63, 3.8) is 0 Å². The fourth-order valence-corrected chi connectivity index (χ4v) is 3.70. The van der Waals surface area contributed by atoms with E-state index in [1.54, 1.807) is 0 Å². The van der Waals surface area contributed by atoms with Gasteiger partial charge in [-0.15, -0.1) is 0 Å². The molecular formula is C19H22N4. The number of rotatable bonds is 4. The molecule has 4 heteroatoms. The third kappa shape index (κ3) is 3.27. The zero-order chi connectivity index (χ0) is 15.5. The Hall–Kier alpha value is -2.20. The van der Waals surface area contributed by atoms with Crippen molar-refractivity contribution in [2.75, 3.05) is 13.1 Å². The number of nitrogens with one attached hydrogen (secondary N) is 1. The summed E-state index contributed by atoms with van der Waals surface area (Å²) in [7, 11) is 0. The quantitative estimate of drug-likeness (QED) is 0.803. The molecule has 23 heavy (non-hydrogen) atoms. The van der Waals surface area contributed by atoms with Gasteiger partial charge in [-0.1, -0.05) is 18.2 Å². The van der Waals surface area contributed by atoms with E-state index in [9.17, 15) is 0 Å². The van der Waals surface area contributed by atoms with Crippen molar-refractivity contribution in [3.8, 4) is 0 Å². The summed E-state index contributed by atoms with van der Waals surface area (Å²) < 4.78 is 0. The molecule has 4 rings (SSSR count). The highest BCUT2D eigenvalue weighted by Crippen LogP contribution is 2.24. The Morgan fingerprint density at radius 1 is 1.13 bits per heavy atom. The van der Waals surface area contributed by atoms with E-state index in [0.717, 1.165) is 30.9 Å². The number of piperidine rings is 1. The van der Waals surface area contributed by atoms with Gasteiger partial charge in [0.1, 0.15) is 0 Å². The molecule has 1 N–H and O–H groups in total. The second-order valence-corrected chi connectivity index (χ2v) is 6.52. The number of benzene rings is 1. The Morgan fingerprint density at radius 3 is 3.00 bits per heavy atom. The molecule has 3 aromatic rings. The molecule has 3 heterocycles. The Labute approximate surface area is 136 Å². The minimum Gasteiger partial charge on any atom is -0.299 e. The molecule has 1 atom stereocenters. The van der Waals surface area contributed by atoms with Crippen LogP contribution >= 0.6 is 0 Å². The van der Waals surface area contributed by atoms with Crippen LogP contribution in [0.25, 0.3) is 10.9 Å². The first kappa shape index (κ1) is 14.4. The number of pyridine rings is 1. The second kappa shape index (κ2) is 6.50. The zero-order valence-electron chi connectivity index (χ0n) is 13.3. The monoisotopic (exact) mass is 306 g/mol. The lowest BCUT2D eigenvalue weighted by Crippen LogP contribution is -2.35. The van der Waals surface area contributed by atoms with E-state index in [1.807, 2.05) is 12.4 Å². The molecule has 0 spiro atoms. The molecule has 0 unspecified atom stereocenters. The van der Waals surface area contributed by atoms with Crippen molar-refractivity contribution in [3.05, 3.63) is 60.0 Å². The van der Waals surface area contributed by atoms with E-state index in [1.165, 1.54) is 36.0 Å². The number of hydrogen-bond donors (Lipinski definition) is 1. The average Bonchev–Trinajstić information content (AvgIpc) is 3.09. The second-order valence-electron chi connectivity index (χ2n) is 6.52. The van der Waals surface area contributed by atoms with Gasteiger partial charge < -0.3 is 0 Å². The van der Waals surface area contributed by atoms with Gasteiger partial charge in [0.15, 0.2) is 0 Å². The molecule has 1 aliphatic heterocycles. The lowest BCUT2D eigenvalue weighted by Gasteiger charge is -2.32. The first-order valence-electron chi connectivity index (χ1n) is 8.42. The van der Waals surface area contributed by atoms with Crippen LogP contribution in [0.5, 0.6) is 0 Å². The molecule has 0 radical (unpaired) electrons. The van der Waals surface area contributed by atoms with Crippen LogP contribution in [0.2, 0.25) is 0 Å². The predicted molar refractivity (Wildman–Crippen MR) is 92.0 cm³/mol. The molecule has 0 aliphatic carbocycles. The molecule has 1 aliphatic rings. The van der Waals surface area contributed by atoms with Crippen LogP contribution in [0.4, 0.5) is 0 Å². The smallest absolute Gasteiger partial charge is 0.0705 e.